The third-order valence-electron chi connectivity index (χ3n) is 1.81. The zero-order chi connectivity index (χ0) is 11.3. The summed E-state index contributed by atoms with van der Waals surface area (Å²) in [5.74, 6) is -0.829. The highest BCUT2D eigenvalue weighted by Gasteiger charge is 2.26. The van der Waals surface area contributed by atoms with Gasteiger partial charge in [0.25, 0.3) is 0 Å². The number of carbonyl (C=O) groups excluding carboxylic acids is 2. The van der Waals surface area contributed by atoms with E-state index in [4.69, 9.17) is 4.74 Å². The van der Waals surface area contributed by atoms with Gasteiger partial charge in [0.05, 0.1) is 0 Å². The summed E-state index contributed by atoms with van der Waals surface area (Å²) in [4.78, 5) is 22.7. The van der Waals surface area contributed by atoms with E-state index in [0.29, 0.717) is 6.54 Å². The quantitative estimate of drug-likeness (QED) is 0.494. The highest BCUT2D eigenvalue weighted by atomic mass is 16.6. The van der Waals surface area contributed by atoms with Crippen LogP contribution in [-0.4, -0.2) is 35.7 Å². The second kappa shape index (κ2) is 5.59. The lowest BCUT2D eigenvalue weighted by Crippen LogP contribution is -2.45. The molecule has 0 aliphatic carbocycles. The van der Waals surface area contributed by atoms with Gasteiger partial charge in [-0.15, -0.1) is 0 Å². The van der Waals surface area contributed by atoms with E-state index in [1.165, 1.54) is 20.8 Å². The van der Waals surface area contributed by atoms with E-state index in [9.17, 15) is 14.7 Å². The Morgan fingerprint density at radius 1 is 1.36 bits per heavy atom. The number of hydrogen-bond donors (Lipinski definition) is 0. The minimum absolute atomic E-state index is 0.313. The normalized spacial score (nSPS) is 14.4. The number of esters is 1. The van der Waals surface area contributed by atoms with Gasteiger partial charge >= 0.3 is 5.97 Å². The van der Waals surface area contributed by atoms with E-state index in [0.717, 1.165) is 4.90 Å². The van der Waals surface area contributed by atoms with Crippen LogP contribution in [0, 0.1) is 0 Å². The summed E-state index contributed by atoms with van der Waals surface area (Å²) in [6.45, 7) is 6.04. The van der Waals surface area contributed by atoms with Gasteiger partial charge in [-0.1, -0.05) is 0 Å². The molecule has 0 bridgehead atoms. The van der Waals surface area contributed by atoms with E-state index in [1.54, 1.807) is 6.92 Å². The van der Waals surface area contributed by atoms with Crippen LogP contribution in [0.2, 0.25) is 0 Å². The fourth-order valence-corrected chi connectivity index (χ4v) is 1.16. The van der Waals surface area contributed by atoms with Gasteiger partial charge in [0, 0.05) is 20.4 Å². The average Bonchev–Trinajstić information content (AvgIpc) is 2.03. The highest BCUT2D eigenvalue weighted by Crippen LogP contribution is 2.06. The minimum Gasteiger partial charge on any atom is -0.458 e. The van der Waals surface area contributed by atoms with Gasteiger partial charge in [0.15, 0.2) is 0 Å². The SMILES string of the molecule is CCN(C(C)=O)C([O])C(C)OC(C)=O. The summed E-state index contributed by atoms with van der Waals surface area (Å²) in [5, 5.41) is 11.6. The van der Waals surface area contributed by atoms with Crippen molar-refractivity contribution >= 4 is 11.9 Å². The molecular formula is C9H16NO4. The van der Waals surface area contributed by atoms with Gasteiger partial charge in [-0.2, -0.15) is 0 Å². The Morgan fingerprint density at radius 2 is 1.86 bits per heavy atom. The molecule has 0 aromatic heterocycles. The van der Waals surface area contributed by atoms with Crippen molar-refractivity contribution in [1.82, 2.24) is 4.90 Å². The zero-order valence-electron chi connectivity index (χ0n) is 8.94. The van der Waals surface area contributed by atoms with Gasteiger partial charge in [-0.05, 0) is 13.8 Å². The standard InChI is InChI=1S/C9H16NO4/c1-5-10(7(3)11)9(13)6(2)14-8(4)12/h6,9H,5H2,1-4H3. The molecule has 0 aromatic rings. The molecule has 0 rings (SSSR count). The summed E-state index contributed by atoms with van der Waals surface area (Å²) in [6.07, 6.45) is -2.15. The Bertz CT molecular complexity index is 217. The van der Waals surface area contributed by atoms with Crippen LogP contribution in [0.4, 0.5) is 0 Å². The fraction of sp³-hybridized carbons (Fsp3) is 0.778. The highest BCUT2D eigenvalue weighted by molar-refractivity contribution is 5.73. The van der Waals surface area contributed by atoms with Crippen molar-refractivity contribution in [3.8, 4) is 0 Å². The van der Waals surface area contributed by atoms with Crippen LogP contribution in [-0.2, 0) is 19.4 Å². The lowest BCUT2D eigenvalue weighted by molar-refractivity contribution is -0.174. The van der Waals surface area contributed by atoms with Gasteiger partial charge in [0.1, 0.15) is 6.10 Å². The number of likely N-dealkylation sites (N-methyl/N-ethyl adjacent to an activating group) is 1. The van der Waals surface area contributed by atoms with Crippen molar-refractivity contribution in [2.75, 3.05) is 6.54 Å². The summed E-state index contributed by atoms with van der Waals surface area (Å²) >= 11 is 0. The third kappa shape index (κ3) is 3.74. The van der Waals surface area contributed by atoms with Gasteiger partial charge in [-0.3, -0.25) is 9.59 Å². The summed E-state index contributed by atoms with van der Waals surface area (Å²) in [7, 11) is 0. The van der Waals surface area contributed by atoms with Crippen molar-refractivity contribution in [2.45, 2.75) is 40.0 Å². The van der Waals surface area contributed by atoms with Crippen molar-refractivity contribution in [3.63, 3.8) is 0 Å². The Kier molecular flexibility index (Phi) is 5.15. The second-order valence-electron chi connectivity index (χ2n) is 3.01. The smallest absolute Gasteiger partial charge is 0.303 e. The maximum atomic E-state index is 11.6. The van der Waals surface area contributed by atoms with Crippen molar-refractivity contribution in [3.05, 3.63) is 0 Å². The van der Waals surface area contributed by atoms with Crippen molar-refractivity contribution in [1.29, 1.82) is 0 Å². The lowest BCUT2D eigenvalue weighted by atomic mass is 10.3. The molecule has 1 amide bonds. The molecule has 2 atom stereocenters. The van der Waals surface area contributed by atoms with Crippen LogP contribution in [0.1, 0.15) is 27.7 Å². The van der Waals surface area contributed by atoms with Crippen LogP contribution in [0.15, 0.2) is 0 Å². The van der Waals surface area contributed by atoms with Crippen molar-refractivity contribution in [2.24, 2.45) is 0 Å². The van der Waals surface area contributed by atoms with Crippen molar-refractivity contribution < 1.29 is 19.4 Å². The molecule has 0 saturated heterocycles. The van der Waals surface area contributed by atoms with Gasteiger partial charge in [-0.25, -0.2) is 5.11 Å². The number of hydrogen-bond acceptors (Lipinski definition) is 3. The lowest BCUT2D eigenvalue weighted by Gasteiger charge is -2.27. The largest absolute Gasteiger partial charge is 0.458 e. The van der Waals surface area contributed by atoms with E-state index >= 15 is 0 Å². The van der Waals surface area contributed by atoms with Crippen LogP contribution in [0.3, 0.4) is 0 Å². The number of nitrogens with zero attached hydrogens (tertiary/aromatic N) is 1. The summed E-state index contributed by atoms with van der Waals surface area (Å²) in [6, 6.07) is 0. The Hall–Kier alpha value is -1.10. The molecule has 0 aromatic carbocycles. The van der Waals surface area contributed by atoms with Gasteiger partial charge in [0.2, 0.25) is 12.1 Å². The fourth-order valence-electron chi connectivity index (χ4n) is 1.16. The molecule has 81 valence electrons. The number of ether oxygens (including phenoxy) is 1. The van der Waals surface area contributed by atoms with Crippen LogP contribution in [0.25, 0.3) is 0 Å². The first-order valence-corrected chi connectivity index (χ1v) is 4.50. The Balaban J connectivity index is 4.33. The van der Waals surface area contributed by atoms with E-state index in [-0.39, 0.29) is 5.91 Å². The number of amides is 1. The molecule has 0 aliphatic heterocycles. The molecule has 0 aliphatic rings. The summed E-state index contributed by atoms with van der Waals surface area (Å²) in [5.41, 5.74) is 0. The Labute approximate surface area is 83.6 Å². The van der Waals surface area contributed by atoms with Crippen LogP contribution in [0.5, 0.6) is 0 Å². The topological polar surface area (TPSA) is 66.5 Å². The second-order valence-corrected chi connectivity index (χ2v) is 3.01. The molecule has 1 radical (unpaired) electrons. The monoisotopic (exact) mass is 202 g/mol. The number of carbonyl (C=O) groups is 2. The maximum Gasteiger partial charge on any atom is 0.303 e. The maximum absolute atomic E-state index is 11.6. The molecule has 0 heterocycles. The molecular weight excluding hydrogens is 186 g/mol. The van der Waals surface area contributed by atoms with E-state index in [2.05, 4.69) is 0 Å². The molecule has 2 unspecified atom stereocenters. The van der Waals surface area contributed by atoms with Gasteiger partial charge < -0.3 is 9.64 Å². The predicted molar refractivity (Wildman–Crippen MR) is 48.8 cm³/mol. The predicted octanol–water partition coefficient (Wildman–Crippen LogP) is 0.563. The van der Waals surface area contributed by atoms with E-state index < -0.39 is 18.3 Å². The third-order valence-corrected chi connectivity index (χ3v) is 1.81. The number of rotatable bonds is 4. The molecule has 0 fully saturated rings. The Morgan fingerprint density at radius 3 is 2.14 bits per heavy atom. The first-order valence-electron chi connectivity index (χ1n) is 4.50. The summed E-state index contributed by atoms with van der Waals surface area (Å²) < 4.78 is 4.70. The molecule has 0 N–H and O–H groups in total. The first-order chi connectivity index (χ1) is 6.40. The minimum atomic E-state index is -1.33. The zero-order valence-corrected chi connectivity index (χ0v) is 8.94. The molecule has 0 spiro atoms. The molecule has 14 heavy (non-hydrogen) atoms. The molecule has 5 heteroatoms. The van der Waals surface area contributed by atoms with Crippen LogP contribution < -0.4 is 0 Å². The van der Waals surface area contributed by atoms with Crippen LogP contribution >= 0.6 is 0 Å². The average molecular weight is 202 g/mol. The van der Waals surface area contributed by atoms with E-state index in [1.807, 2.05) is 0 Å². The molecule has 5 nitrogen and oxygen atoms in total. The molecule has 0 saturated carbocycles. The first kappa shape index (κ1) is 12.9.